The summed E-state index contributed by atoms with van der Waals surface area (Å²) in [5.74, 6) is 0. The largest absolute Gasteiger partial charge is 0.317 e. The van der Waals surface area contributed by atoms with Gasteiger partial charge in [-0.05, 0) is 53.0 Å². The Morgan fingerprint density at radius 3 is 2.00 bits per heavy atom. The van der Waals surface area contributed by atoms with E-state index in [1.165, 1.54) is 64.6 Å². The third kappa shape index (κ3) is 13.9. The molecule has 0 radical (unpaired) electrons. The lowest BCUT2D eigenvalue weighted by Crippen LogP contribution is -2.19. The third-order valence-electron chi connectivity index (χ3n) is 2.67. The molecule has 2 heteroatoms. The average molecular weight is 214 g/mol. The molecule has 0 bridgehead atoms. The van der Waals surface area contributed by atoms with Crippen LogP contribution in [0.15, 0.2) is 0 Å². The van der Waals surface area contributed by atoms with Crippen LogP contribution in [0.3, 0.4) is 0 Å². The Balaban J connectivity index is 2.87. The Morgan fingerprint density at radius 2 is 1.40 bits per heavy atom. The molecule has 0 amide bonds. The van der Waals surface area contributed by atoms with Crippen molar-refractivity contribution in [2.75, 3.05) is 33.7 Å². The van der Waals surface area contributed by atoms with Gasteiger partial charge in [0.15, 0.2) is 0 Å². The van der Waals surface area contributed by atoms with Crippen LogP contribution >= 0.6 is 0 Å². The minimum Gasteiger partial charge on any atom is -0.317 e. The Hall–Kier alpha value is -0.0800. The molecular formula is C13H30N2. The van der Waals surface area contributed by atoms with Crippen molar-refractivity contribution < 1.29 is 0 Å². The molecule has 0 spiro atoms. The summed E-state index contributed by atoms with van der Waals surface area (Å²) in [6.07, 6.45) is 9.55. The molecule has 0 aliphatic rings. The van der Waals surface area contributed by atoms with Gasteiger partial charge in [-0.1, -0.05) is 32.6 Å². The lowest BCUT2D eigenvalue weighted by Gasteiger charge is -2.09. The summed E-state index contributed by atoms with van der Waals surface area (Å²) in [6, 6.07) is 0. The fourth-order valence-corrected chi connectivity index (χ4v) is 1.66. The zero-order chi connectivity index (χ0) is 11.4. The van der Waals surface area contributed by atoms with Crippen molar-refractivity contribution >= 4 is 0 Å². The summed E-state index contributed by atoms with van der Waals surface area (Å²) in [7, 11) is 4.28. The van der Waals surface area contributed by atoms with Crippen molar-refractivity contribution in [1.82, 2.24) is 10.2 Å². The normalized spacial score (nSPS) is 11.2. The lowest BCUT2D eigenvalue weighted by molar-refractivity contribution is 0.391. The molecule has 0 aliphatic carbocycles. The summed E-state index contributed by atoms with van der Waals surface area (Å²) in [5, 5.41) is 3.52. The van der Waals surface area contributed by atoms with Gasteiger partial charge in [-0.25, -0.2) is 0 Å². The molecule has 92 valence electrons. The monoisotopic (exact) mass is 214 g/mol. The lowest BCUT2D eigenvalue weighted by atomic mass is 10.1. The highest BCUT2D eigenvalue weighted by Crippen LogP contribution is 2.01. The van der Waals surface area contributed by atoms with Gasteiger partial charge in [0.2, 0.25) is 0 Å². The van der Waals surface area contributed by atoms with Crippen LogP contribution in [-0.4, -0.2) is 38.6 Å². The molecule has 0 fully saturated rings. The predicted molar refractivity (Wildman–Crippen MR) is 69.4 cm³/mol. The van der Waals surface area contributed by atoms with Crippen molar-refractivity contribution in [3.8, 4) is 0 Å². The van der Waals surface area contributed by atoms with Gasteiger partial charge >= 0.3 is 0 Å². The topological polar surface area (TPSA) is 15.3 Å². The number of nitrogens with zero attached hydrogens (tertiary/aromatic N) is 1. The van der Waals surface area contributed by atoms with Crippen LogP contribution in [0.2, 0.25) is 0 Å². The van der Waals surface area contributed by atoms with Crippen molar-refractivity contribution in [2.45, 2.75) is 51.9 Å². The minimum atomic E-state index is 1.20. The summed E-state index contributed by atoms with van der Waals surface area (Å²) in [4.78, 5) is 2.25. The molecule has 0 unspecified atom stereocenters. The molecule has 0 aromatic heterocycles. The van der Waals surface area contributed by atoms with E-state index in [1.54, 1.807) is 0 Å². The van der Waals surface area contributed by atoms with Crippen molar-refractivity contribution in [3.63, 3.8) is 0 Å². The van der Waals surface area contributed by atoms with Gasteiger partial charge in [0.25, 0.3) is 0 Å². The van der Waals surface area contributed by atoms with Crippen molar-refractivity contribution in [2.24, 2.45) is 0 Å². The smallest absolute Gasteiger partial charge is 0.00244 e. The minimum absolute atomic E-state index is 1.20. The quantitative estimate of drug-likeness (QED) is 0.532. The Labute approximate surface area is 96.4 Å². The molecule has 0 atom stereocenters. The summed E-state index contributed by atoms with van der Waals surface area (Å²) in [6.45, 7) is 5.90. The van der Waals surface area contributed by atoms with E-state index in [-0.39, 0.29) is 0 Å². The summed E-state index contributed by atoms with van der Waals surface area (Å²) < 4.78 is 0. The fourth-order valence-electron chi connectivity index (χ4n) is 1.66. The summed E-state index contributed by atoms with van der Waals surface area (Å²) >= 11 is 0. The zero-order valence-electron chi connectivity index (χ0n) is 11.0. The van der Waals surface area contributed by atoms with E-state index in [0.717, 1.165) is 0 Å². The number of hydrogen-bond donors (Lipinski definition) is 1. The van der Waals surface area contributed by atoms with Gasteiger partial charge < -0.3 is 10.2 Å². The maximum atomic E-state index is 3.52. The van der Waals surface area contributed by atoms with E-state index in [4.69, 9.17) is 0 Å². The maximum Gasteiger partial charge on any atom is -0.00244 e. The van der Waals surface area contributed by atoms with E-state index in [1.807, 2.05) is 0 Å². The second kappa shape index (κ2) is 12.0. The molecule has 0 aromatic carbocycles. The molecule has 0 saturated heterocycles. The van der Waals surface area contributed by atoms with Gasteiger partial charge in [0, 0.05) is 0 Å². The van der Waals surface area contributed by atoms with E-state index in [9.17, 15) is 0 Å². The van der Waals surface area contributed by atoms with Crippen LogP contribution in [0.5, 0.6) is 0 Å². The number of rotatable bonds is 11. The van der Waals surface area contributed by atoms with Crippen LogP contribution in [0.25, 0.3) is 0 Å². The first-order valence-corrected chi connectivity index (χ1v) is 6.62. The highest BCUT2D eigenvalue weighted by Gasteiger charge is 1.92. The van der Waals surface area contributed by atoms with Crippen LogP contribution in [-0.2, 0) is 0 Å². The molecular weight excluding hydrogens is 184 g/mol. The fraction of sp³-hybridized carbons (Fsp3) is 1.00. The van der Waals surface area contributed by atoms with E-state index >= 15 is 0 Å². The molecule has 0 rings (SSSR count). The molecule has 0 aliphatic heterocycles. The first-order valence-electron chi connectivity index (χ1n) is 6.62. The van der Waals surface area contributed by atoms with Crippen LogP contribution in [0, 0.1) is 0 Å². The Morgan fingerprint density at radius 1 is 0.800 bits per heavy atom. The molecule has 0 aromatic rings. The van der Waals surface area contributed by atoms with Gasteiger partial charge in [-0.3, -0.25) is 0 Å². The molecule has 15 heavy (non-hydrogen) atoms. The van der Waals surface area contributed by atoms with Crippen LogP contribution in [0.4, 0.5) is 0 Å². The molecule has 2 nitrogen and oxygen atoms in total. The van der Waals surface area contributed by atoms with E-state index in [2.05, 4.69) is 31.2 Å². The van der Waals surface area contributed by atoms with E-state index < -0.39 is 0 Å². The van der Waals surface area contributed by atoms with Crippen molar-refractivity contribution in [1.29, 1.82) is 0 Å². The van der Waals surface area contributed by atoms with Crippen molar-refractivity contribution in [3.05, 3.63) is 0 Å². The number of nitrogens with one attached hydrogen (secondary N) is 1. The van der Waals surface area contributed by atoms with Crippen LogP contribution in [0.1, 0.15) is 51.9 Å². The Kier molecular flexibility index (Phi) is 11.9. The Bertz CT molecular complexity index is 113. The molecule has 0 heterocycles. The second-order valence-electron chi connectivity index (χ2n) is 4.67. The summed E-state index contributed by atoms with van der Waals surface area (Å²) in [5.41, 5.74) is 0. The van der Waals surface area contributed by atoms with E-state index in [0.29, 0.717) is 0 Å². The second-order valence-corrected chi connectivity index (χ2v) is 4.67. The highest BCUT2D eigenvalue weighted by atomic mass is 15.0. The molecule has 1 N–H and O–H groups in total. The zero-order valence-corrected chi connectivity index (χ0v) is 11.0. The standard InChI is InChI=1S/C13H30N2/c1-4-5-6-7-8-11-14-12-9-10-13-15(2)3/h14H,4-13H2,1-3H3. The molecule has 0 saturated carbocycles. The number of unbranched alkanes of at least 4 members (excludes halogenated alkanes) is 5. The van der Waals surface area contributed by atoms with Gasteiger partial charge in [0.05, 0.1) is 0 Å². The van der Waals surface area contributed by atoms with Gasteiger partial charge in [-0.2, -0.15) is 0 Å². The maximum absolute atomic E-state index is 3.52. The average Bonchev–Trinajstić information content (AvgIpc) is 2.20. The third-order valence-corrected chi connectivity index (χ3v) is 2.67. The SMILES string of the molecule is CCCCCCCNCCCCN(C)C. The first-order chi connectivity index (χ1) is 7.27. The van der Waals surface area contributed by atoms with Gasteiger partial charge in [0.1, 0.15) is 0 Å². The predicted octanol–water partition coefficient (Wildman–Crippen LogP) is 2.89. The first kappa shape index (κ1) is 14.9. The van der Waals surface area contributed by atoms with Crippen LogP contribution < -0.4 is 5.32 Å². The number of hydrogen-bond acceptors (Lipinski definition) is 2. The van der Waals surface area contributed by atoms with Gasteiger partial charge in [-0.15, -0.1) is 0 Å². The highest BCUT2D eigenvalue weighted by molar-refractivity contribution is 4.51.